The van der Waals surface area contributed by atoms with Crippen molar-refractivity contribution in [3.8, 4) is 5.75 Å². The molecule has 1 aromatic rings. The van der Waals surface area contributed by atoms with Gasteiger partial charge >= 0.3 is 5.69 Å². The minimum absolute atomic E-state index is 0.147. The molecule has 1 fully saturated rings. The van der Waals surface area contributed by atoms with E-state index in [1.807, 2.05) is 0 Å². The molecule has 1 saturated heterocycles. The summed E-state index contributed by atoms with van der Waals surface area (Å²) in [4.78, 5) is 10.1. The van der Waals surface area contributed by atoms with E-state index in [1.54, 1.807) is 0 Å². The SMILES string of the molecule is O=[N+]([O-])c1cccc(F)c1OC[C@H]1CCCN1. The van der Waals surface area contributed by atoms with E-state index in [9.17, 15) is 14.5 Å². The first-order valence-electron chi connectivity index (χ1n) is 5.47. The van der Waals surface area contributed by atoms with Gasteiger partial charge in [0.2, 0.25) is 5.75 Å². The standard InChI is InChI=1S/C11H13FN2O3/c12-9-4-1-5-10(14(15)16)11(9)17-7-8-3-2-6-13-8/h1,4-5,8,13H,2-3,6-7H2/t8-/m1/s1. The number of para-hydroxylation sites is 1. The van der Waals surface area contributed by atoms with Crippen molar-refractivity contribution in [1.82, 2.24) is 5.32 Å². The van der Waals surface area contributed by atoms with Gasteiger partial charge in [0, 0.05) is 12.1 Å². The van der Waals surface area contributed by atoms with Crippen LogP contribution in [0.15, 0.2) is 18.2 Å². The van der Waals surface area contributed by atoms with Crippen molar-refractivity contribution < 1.29 is 14.1 Å². The number of hydrogen-bond donors (Lipinski definition) is 1. The maximum Gasteiger partial charge on any atom is 0.314 e. The Balaban J connectivity index is 2.10. The van der Waals surface area contributed by atoms with Gasteiger partial charge in [-0.1, -0.05) is 6.07 Å². The van der Waals surface area contributed by atoms with E-state index < -0.39 is 10.7 Å². The van der Waals surface area contributed by atoms with Gasteiger partial charge in [0.05, 0.1) is 4.92 Å². The fraction of sp³-hybridized carbons (Fsp3) is 0.455. The van der Waals surface area contributed by atoms with Gasteiger partial charge in [0.25, 0.3) is 0 Å². The maximum absolute atomic E-state index is 13.4. The van der Waals surface area contributed by atoms with Crippen LogP contribution in [-0.2, 0) is 0 Å². The molecule has 1 aliphatic rings. The van der Waals surface area contributed by atoms with Crippen LogP contribution in [0.2, 0.25) is 0 Å². The number of rotatable bonds is 4. The van der Waals surface area contributed by atoms with Gasteiger partial charge in [-0.3, -0.25) is 10.1 Å². The Bertz CT molecular complexity index is 419. The zero-order valence-electron chi connectivity index (χ0n) is 9.19. The molecule has 0 saturated carbocycles. The van der Waals surface area contributed by atoms with Gasteiger partial charge in [0.15, 0.2) is 5.82 Å². The Labute approximate surface area is 97.7 Å². The highest BCUT2D eigenvalue weighted by molar-refractivity contribution is 5.46. The van der Waals surface area contributed by atoms with Crippen molar-refractivity contribution in [3.05, 3.63) is 34.1 Å². The Morgan fingerprint density at radius 3 is 3.06 bits per heavy atom. The van der Waals surface area contributed by atoms with Crippen LogP contribution < -0.4 is 10.1 Å². The van der Waals surface area contributed by atoms with Crippen LogP contribution in [-0.4, -0.2) is 24.1 Å². The molecule has 0 amide bonds. The lowest BCUT2D eigenvalue weighted by atomic mass is 10.2. The van der Waals surface area contributed by atoms with Crippen LogP contribution >= 0.6 is 0 Å². The van der Waals surface area contributed by atoms with Gasteiger partial charge in [-0.05, 0) is 25.5 Å². The molecule has 0 spiro atoms. The molecule has 1 aliphatic heterocycles. The summed E-state index contributed by atoms with van der Waals surface area (Å²) in [6.45, 7) is 1.16. The van der Waals surface area contributed by atoms with Crippen molar-refractivity contribution >= 4 is 5.69 Å². The van der Waals surface area contributed by atoms with Crippen LogP contribution in [0.5, 0.6) is 5.75 Å². The second-order valence-corrected chi connectivity index (χ2v) is 3.95. The monoisotopic (exact) mass is 240 g/mol. The predicted octanol–water partition coefficient (Wildman–Crippen LogP) is 1.86. The van der Waals surface area contributed by atoms with Crippen molar-refractivity contribution in [2.45, 2.75) is 18.9 Å². The molecular formula is C11H13FN2O3. The topological polar surface area (TPSA) is 64.4 Å². The van der Waals surface area contributed by atoms with Gasteiger partial charge in [-0.2, -0.15) is 0 Å². The molecule has 6 heteroatoms. The minimum atomic E-state index is -0.697. The first-order valence-corrected chi connectivity index (χ1v) is 5.47. The van der Waals surface area contributed by atoms with Gasteiger partial charge < -0.3 is 10.1 Å². The van der Waals surface area contributed by atoms with Crippen LogP contribution in [0.3, 0.4) is 0 Å². The zero-order chi connectivity index (χ0) is 12.3. The number of benzene rings is 1. The summed E-state index contributed by atoms with van der Waals surface area (Å²) in [5.74, 6) is -0.969. The van der Waals surface area contributed by atoms with Gasteiger partial charge in [-0.25, -0.2) is 4.39 Å². The van der Waals surface area contributed by atoms with E-state index >= 15 is 0 Å². The molecule has 1 N–H and O–H groups in total. The Morgan fingerprint density at radius 2 is 2.41 bits per heavy atom. The fourth-order valence-corrected chi connectivity index (χ4v) is 1.87. The maximum atomic E-state index is 13.4. The summed E-state index contributed by atoms with van der Waals surface area (Å²) in [5, 5.41) is 13.9. The number of halogens is 1. The Morgan fingerprint density at radius 1 is 1.59 bits per heavy atom. The number of nitro groups is 1. The van der Waals surface area contributed by atoms with E-state index in [0.717, 1.165) is 25.5 Å². The lowest BCUT2D eigenvalue weighted by Crippen LogP contribution is -2.28. The molecule has 1 aromatic carbocycles. The highest BCUT2D eigenvalue weighted by Crippen LogP contribution is 2.29. The van der Waals surface area contributed by atoms with Crippen molar-refractivity contribution in [1.29, 1.82) is 0 Å². The van der Waals surface area contributed by atoms with E-state index in [1.165, 1.54) is 12.1 Å². The molecule has 1 atom stereocenters. The normalized spacial score (nSPS) is 19.2. The molecule has 17 heavy (non-hydrogen) atoms. The van der Waals surface area contributed by atoms with E-state index in [0.29, 0.717) is 0 Å². The van der Waals surface area contributed by atoms with E-state index in [-0.39, 0.29) is 24.1 Å². The fourth-order valence-electron chi connectivity index (χ4n) is 1.87. The first-order chi connectivity index (χ1) is 8.18. The molecule has 0 bridgehead atoms. The quantitative estimate of drug-likeness (QED) is 0.644. The van der Waals surface area contributed by atoms with Crippen molar-refractivity contribution in [2.24, 2.45) is 0 Å². The highest BCUT2D eigenvalue weighted by atomic mass is 19.1. The van der Waals surface area contributed by atoms with Crippen LogP contribution in [0.4, 0.5) is 10.1 Å². The predicted molar refractivity (Wildman–Crippen MR) is 59.6 cm³/mol. The third kappa shape index (κ3) is 2.71. The average molecular weight is 240 g/mol. The Kier molecular flexibility index (Phi) is 3.53. The molecule has 2 rings (SSSR count). The molecule has 1 heterocycles. The molecule has 0 radical (unpaired) electrons. The summed E-state index contributed by atoms with van der Waals surface area (Å²) < 4.78 is 18.7. The van der Waals surface area contributed by atoms with Gasteiger partial charge in [-0.15, -0.1) is 0 Å². The lowest BCUT2D eigenvalue weighted by Gasteiger charge is -2.12. The zero-order valence-corrected chi connectivity index (χ0v) is 9.19. The van der Waals surface area contributed by atoms with E-state index in [4.69, 9.17) is 4.74 Å². The molecule has 92 valence electrons. The molecule has 0 aliphatic carbocycles. The first kappa shape index (κ1) is 11.8. The smallest absolute Gasteiger partial charge is 0.314 e. The molecule has 0 unspecified atom stereocenters. The number of hydrogen-bond acceptors (Lipinski definition) is 4. The lowest BCUT2D eigenvalue weighted by molar-refractivity contribution is -0.386. The summed E-state index contributed by atoms with van der Waals surface area (Å²) >= 11 is 0. The summed E-state index contributed by atoms with van der Waals surface area (Å²) in [6, 6.07) is 3.84. The number of nitro benzene ring substituents is 1. The van der Waals surface area contributed by atoms with Crippen molar-refractivity contribution in [3.63, 3.8) is 0 Å². The number of nitrogens with one attached hydrogen (secondary N) is 1. The second kappa shape index (κ2) is 5.09. The highest BCUT2D eigenvalue weighted by Gasteiger charge is 2.21. The third-order valence-corrected chi connectivity index (χ3v) is 2.73. The van der Waals surface area contributed by atoms with Crippen LogP contribution in [0.25, 0.3) is 0 Å². The minimum Gasteiger partial charge on any atom is -0.483 e. The second-order valence-electron chi connectivity index (χ2n) is 3.95. The number of ether oxygens (including phenoxy) is 1. The summed E-state index contributed by atoms with van der Waals surface area (Å²) in [7, 11) is 0. The molecule has 5 nitrogen and oxygen atoms in total. The Hall–Kier alpha value is -1.69. The molecular weight excluding hydrogens is 227 g/mol. The summed E-state index contributed by atoms with van der Waals surface area (Å²) in [6.07, 6.45) is 2.00. The van der Waals surface area contributed by atoms with Crippen molar-refractivity contribution in [2.75, 3.05) is 13.2 Å². The van der Waals surface area contributed by atoms with E-state index in [2.05, 4.69) is 5.32 Å². The largest absolute Gasteiger partial charge is 0.483 e. The third-order valence-electron chi connectivity index (χ3n) is 2.73. The molecule has 0 aromatic heterocycles. The number of nitrogens with zero attached hydrogens (tertiary/aromatic N) is 1. The van der Waals surface area contributed by atoms with Gasteiger partial charge in [0.1, 0.15) is 6.61 Å². The van der Waals surface area contributed by atoms with Crippen LogP contribution in [0, 0.1) is 15.9 Å². The summed E-state index contributed by atoms with van der Waals surface area (Å²) in [5.41, 5.74) is -0.331. The average Bonchev–Trinajstić information content (AvgIpc) is 2.80. The van der Waals surface area contributed by atoms with Crippen LogP contribution in [0.1, 0.15) is 12.8 Å².